The van der Waals surface area contributed by atoms with E-state index in [1.165, 1.54) is 0 Å². The van der Waals surface area contributed by atoms with Crippen molar-refractivity contribution in [3.63, 3.8) is 0 Å². The monoisotopic (exact) mass is 344 g/mol. The van der Waals surface area contributed by atoms with E-state index in [9.17, 15) is 9.59 Å². The number of hydrogen-bond donors (Lipinski definition) is 2. The molecule has 2 amide bonds. The van der Waals surface area contributed by atoms with E-state index in [2.05, 4.69) is 10.6 Å². The molecule has 0 spiro atoms. The third-order valence-electron chi connectivity index (χ3n) is 3.74. The number of halogens is 1. The standard InChI is InChI=1S/C18H17ClN2O3/c19-14-7-1-2-8-15(14)21-17(22)12-5-3-6-13(11-12)20-18(23)16-9-4-10-24-16/h1-3,5-8,11,16H,4,9-10H2,(H,20,23)(H,21,22). The average molecular weight is 345 g/mol. The van der Waals surface area contributed by atoms with Gasteiger partial charge in [0.2, 0.25) is 0 Å². The van der Waals surface area contributed by atoms with Gasteiger partial charge >= 0.3 is 0 Å². The van der Waals surface area contributed by atoms with Gasteiger partial charge in [-0.15, -0.1) is 0 Å². The maximum absolute atomic E-state index is 12.4. The Labute approximate surface area is 145 Å². The van der Waals surface area contributed by atoms with Crippen LogP contribution in [0.15, 0.2) is 48.5 Å². The topological polar surface area (TPSA) is 67.4 Å². The highest BCUT2D eigenvalue weighted by Crippen LogP contribution is 2.22. The van der Waals surface area contributed by atoms with Crippen LogP contribution in [0.5, 0.6) is 0 Å². The van der Waals surface area contributed by atoms with Gasteiger partial charge in [0.15, 0.2) is 0 Å². The van der Waals surface area contributed by atoms with Crippen LogP contribution in [0.25, 0.3) is 0 Å². The van der Waals surface area contributed by atoms with Crippen molar-refractivity contribution in [1.82, 2.24) is 0 Å². The van der Waals surface area contributed by atoms with Gasteiger partial charge in [0, 0.05) is 17.9 Å². The summed E-state index contributed by atoms with van der Waals surface area (Å²) in [5.41, 5.74) is 1.53. The maximum Gasteiger partial charge on any atom is 0.255 e. The summed E-state index contributed by atoms with van der Waals surface area (Å²) in [6.07, 6.45) is 1.20. The minimum Gasteiger partial charge on any atom is -0.368 e. The summed E-state index contributed by atoms with van der Waals surface area (Å²) in [6, 6.07) is 13.8. The van der Waals surface area contributed by atoms with Crippen LogP contribution in [0, 0.1) is 0 Å². The number of para-hydroxylation sites is 1. The Morgan fingerprint density at radius 3 is 2.67 bits per heavy atom. The first-order valence-electron chi connectivity index (χ1n) is 7.72. The molecule has 1 fully saturated rings. The summed E-state index contributed by atoms with van der Waals surface area (Å²) in [7, 11) is 0. The van der Waals surface area contributed by atoms with Crippen LogP contribution in [0.3, 0.4) is 0 Å². The number of amides is 2. The summed E-state index contributed by atoms with van der Waals surface area (Å²) in [5, 5.41) is 6.00. The Kier molecular flexibility index (Phi) is 5.13. The summed E-state index contributed by atoms with van der Waals surface area (Å²) in [4.78, 5) is 24.4. The molecule has 0 saturated carbocycles. The van der Waals surface area contributed by atoms with Gasteiger partial charge in [-0.1, -0.05) is 29.8 Å². The second-order valence-electron chi connectivity index (χ2n) is 5.51. The van der Waals surface area contributed by atoms with E-state index >= 15 is 0 Å². The molecule has 0 aliphatic carbocycles. The quantitative estimate of drug-likeness (QED) is 0.888. The van der Waals surface area contributed by atoms with Crippen LogP contribution in [-0.4, -0.2) is 24.5 Å². The lowest BCUT2D eigenvalue weighted by molar-refractivity contribution is -0.124. The van der Waals surface area contributed by atoms with Crippen LogP contribution >= 0.6 is 11.6 Å². The van der Waals surface area contributed by atoms with Crippen LogP contribution in [0.1, 0.15) is 23.2 Å². The Balaban J connectivity index is 1.69. The normalized spacial score (nSPS) is 16.6. The molecular formula is C18H17ClN2O3. The first-order chi connectivity index (χ1) is 11.6. The van der Waals surface area contributed by atoms with Crippen molar-refractivity contribution in [2.75, 3.05) is 17.2 Å². The number of carbonyl (C=O) groups is 2. The number of carbonyl (C=O) groups excluding carboxylic acids is 2. The molecule has 5 nitrogen and oxygen atoms in total. The van der Waals surface area contributed by atoms with Crippen molar-refractivity contribution < 1.29 is 14.3 Å². The highest BCUT2D eigenvalue weighted by Gasteiger charge is 2.23. The number of benzene rings is 2. The van der Waals surface area contributed by atoms with Crippen LogP contribution < -0.4 is 10.6 Å². The first kappa shape index (κ1) is 16.5. The fraction of sp³-hybridized carbons (Fsp3) is 0.222. The van der Waals surface area contributed by atoms with Crippen molar-refractivity contribution >= 4 is 34.8 Å². The second kappa shape index (κ2) is 7.47. The SMILES string of the molecule is O=C(Nc1ccccc1Cl)c1cccc(NC(=O)C2CCCO2)c1. The summed E-state index contributed by atoms with van der Waals surface area (Å²) in [5.74, 6) is -0.479. The third-order valence-corrected chi connectivity index (χ3v) is 4.07. The second-order valence-corrected chi connectivity index (χ2v) is 5.91. The summed E-state index contributed by atoms with van der Waals surface area (Å²) >= 11 is 6.04. The molecule has 2 aromatic rings. The molecule has 0 bridgehead atoms. The zero-order valence-corrected chi connectivity index (χ0v) is 13.7. The van der Waals surface area contributed by atoms with Gasteiger partial charge in [0.1, 0.15) is 6.10 Å². The molecule has 0 radical (unpaired) electrons. The molecule has 2 aromatic carbocycles. The zero-order chi connectivity index (χ0) is 16.9. The first-order valence-corrected chi connectivity index (χ1v) is 8.10. The van der Waals surface area contributed by atoms with Crippen LogP contribution in [-0.2, 0) is 9.53 Å². The number of anilines is 2. The Morgan fingerprint density at radius 2 is 1.92 bits per heavy atom. The van der Waals surface area contributed by atoms with Gasteiger partial charge < -0.3 is 15.4 Å². The fourth-order valence-electron chi connectivity index (χ4n) is 2.50. The number of rotatable bonds is 4. The zero-order valence-electron chi connectivity index (χ0n) is 12.9. The molecule has 1 heterocycles. The van der Waals surface area contributed by atoms with Crippen molar-refractivity contribution in [2.45, 2.75) is 18.9 Å². The molecule has 3 rings (SSSR count). The van der Waals surface area contributed by atoms with Gasteiger partial charge in [0.25, 0.3) is 11.8 Å². The van der Waals surface area contributed by atoms with E-state index in [1.807, 2.05) is 0 Å². The largest absolute Gasteiger partial charge is 0.368 e. The number of nitrogens with one attached hydrogen (secondary N) is 2. The molecule has 24 heavy (non-hydrogen) atoms. The molecule has 1 aliphatic rings. The molecule has 124 valence electrons. The van der Waals surface area contributed by atoms with E-state index in [0.29, 0.717) is 28.6 Å². The summed E-state index contributed by atoms with van der Waals surface area (Å²) in [6.45, 7) is 0.609. The van der Waals surface area contributed by atoms with Crippen molar-refractivity contribution in [2.24, 2.45) is 0 Å². The molecule has 0 aromatic heterocycles. The van der Waals surface area contributed by atoms with Crippen LogP contribution in [0.2, 0.25) is 5.02 Å². The van der Waals surface area contributed by atoms with Crippen LogP contribution in [0.4, 0.5) is 11.4 Å². The summed E-state index contributed by atoms with van der Waals surface area (Å²) < 4.78 is 5.35. The van der Waals surface area contributed by atoms with E-state index in [1.54, 1.807) is 48.5 Å². The van der Waals surface area contributed by atoms with Gasteiger partial charge in [-0.3, -0.25) is 9.59 Å². The van der Waals surface area contributed by atoms with Gasteiger partial charge in [-0.25, -0.2) is 0 Å². The van der Waals surface area contributed by atoms with Crippen molar-refractivity contribution in [3.8, 4) is 0 Å². The van der Waals surface area contributed by atoms with E-state index in [4.69, 9.17) is 16.3 Å². The number of hydrogen-bond acceptors (Lipinski definition) is 3. The van der Waals surface area contributed by atoms with Crippen molar-refractivity contribution in [1.29, 1.82) is 0 Å². The predicted molar refractivity (Wildman–Crippen MR) is 93.5 cm³/mol. The lowest BCUT2D eigenvalue weighted by Gasteiger charge is -2.12. The molecule has 1 saturated heterocycles. The lowest BCUT2D eigenvalue weighted by atomic mass is 10.1. The van der Waals surface area contributed by atoms with Gasteiger partial charge in [0.05, 0.1) is 10.7 Å². The Morgan fingerprint density at radius 1 is 1.08 bits per heavy atom. The molecule has 1 unspecified atom stereocenters. The molecule has 1 atom stereocenters. The smallest absolute Gasteiger partial charge is 0.255 e. The number of ether oxygens (including phenoxy) is 1. The molecule has 6 heteroatoms. The van der Waals surface area contributed by atoms with E-state index in [-0.39, 0.29) is 11.8 Å². The van der Waals surface area contributed by atoms with Gasteiger partial charge in [-0.2, -0.15) is 0 Å². The predicted octanol–water partition coefficient (Wildman–Crippen LogP) is 3.71. The highest BCUT2D eigenvalue weighted by molar-refractivity contribution is 6.33. The minimum atomic E-state index is -0.411. The Hall–Kier alpha value is -2.37. The van der Waals surface area contributed by atoms with E-state index in [0.717, 1.165) is 12.8 Å². The highest BCUT2D eigenvalue weighted by atomic mass is 35.5. The fourth-order valence-corrected chi connectivity index (χ4v) is 2.69. The van der Waals surface area contributed by atoms with Gasteiger partial charge in [-0.05, 0) is 43.2 Å². The van der Waals surface area contributed by atoms with E-state index < -0.39 is 6.10 Å². The average Bonchev–Trinajstić information content (AvgIpc) is 3.12. The Bertz CT molecular complexity index is 757. The molecule has 2 N–H and O–H groups in total. The lowest BCUT2D eigenvalue weighted by Crippen LogP contribution is -2.27. The third kappa shape index (κ3) is 3.93. The van der Waals surface area contributed by atoms with Crippen molar-refractivity contribution in [3.05, 3.63) is 59.1 Å². The molecule has 1 aliphatic heterocycles. The molecular weight excluding hydrogens is 328 g/mol. The minimum absolute atomic E-state index is 0.184. The maximum atomic E-state index is 12.4.